The van der Waals surface area contributed by atoms with Crippen molar-refractivity contribution in [1.82, 2.24) is 5.06 Å². The predicted molar refractivity (Wildman–Crippen MR) is 123 cm³/mol. The van der Waals surface area contributed by atoms with E-state index in [1.54, 1.807) is 6.08 Å². The lowest BCUT2D eigenvalue weighted by atomic mass is 9.84. The van der Waals surface area contributed by atoms with Crippen molar-refractivity contribution >= 4 is 17.7 Å². The third-order valence-corrected chi connectivity index (χ3v) is 7.04. The first kappa shape index (κ1) is 20.5. The van der Waals surface area contributed by atoms with Gasteiger partial charge in [-0.3, -0.25) is 9.63 Å². The number of thioether (sulfide) groups is 1. The van der Waals surface area contributed by atoms with E-state index in [2.05, 4.69) is 79.4 Å². The van der Waals surface area contributed by atoms with E-state index < -0.39 is 0 Å². The van der Waals surface area contributed by atoms with Crippen molar-refractivity contribution in [2.24, 2.45) is 0 Å². The Hall–Kier alpha value is -2.82. The Morgan fingerprint density at radius 3 is 1.77 bits per heavy atom. The quantitative estimate of drug-likeness (QED) is 0.265. The Morgan fingerprint density at radius 2 is 1.37 bits per heavy atom. The van der Waals surface area contributed by atoms with Crippen molar-refractivity contribution in [2.75, 3.05) is 12.4 Å². The second-order valence-corrected chi connectivity index (χ2v) is 8.49. The molecule has 1 aliphatic rings. The fourth-order valence-electron chi connectivity index (χ4n) is 3.89. The molecule has 1 amide bonds. The predicted octanol–water partition coefficient (Wildman–Crippen LogP) is 5.43. The maximum Gasteiger partial charge on any atom is 0.248 e. The molecule has 0 spiro atoms. The molecule has 1 heterocycles. The maximum absolute atomic E-state index is 12.0. The standard InChI is InChI=1S/C26H25NO2S/c1-2-18-29-27-24(19-25(27)28)20-30-26(21-12-6-3-7-13-21,22-14-8-4-9-15-22)23-16-10-5-11-17-23/h2-17,24H,1,18-20H2. The molecule has 0 bridgehead atoms. The lowest BCUT2D eigenvalue weighted by Crippen LogP contribution is -2.54. The van der Waals surface area contributed by atoms with Gasteiger partial charge in [0, 0.05) is 5.75 Å². The highest BCUT2D eigenvalue weighted by atomic mass is 32.2. The summed E-state index contributed by atoms with van der Waals surface area (Å²) in [6, 6.07) is 31.8. The van der Waals surface area contributed by atoms with Gasteiger partial charge < -0.3 is 0 Å². The van der Waals surface area contributed by atoms with Gasteiger partial charge in [0.15, 0.2) is 0 Å². The summed E-state index contributed by atoms with van der Waals surface area (Å²) in [5.41, 5.74) is 3.66. The molecule has 1 aliphatic heterocycles. The highest BCUT2D eigenvalue weighted by molar-refractivity contribution is 8.00. The van der Waals surface area contributed by atoms with Gasteiger partial charge in [-0.2, -0.15) is 0 Å². The largest absolute Gasteiger partial charge is 0.272 e. The van der Waals surface area contributed by atoms with Crippen LogP contribution in [0, 0.1) is 0 Å². The molecule has 152 valence electrons. The minimum Gasteiger partial charge on any atom is -0.272 e. The number of amides is 1. The Morgan fingerprint density at radius 1 is 0.900 bits per heavy atom. The number of rotatable bonds is 9. The summed E-state index contributed by atoms with van der Waals surface area (Å²) in [4.78, 5) is 17.6. The van der Waals surface area contributed by atoms with Crippen LogP contribution in [0.1, 0.15) is 23.1 Å². The number of benzene rings is 3. The minimum atomic E-state index is -0.382. The van der Waals surface area contributed by atoms with Crippen LogP contribution in [0.4, 0.5) is 0 Å². The lowest BCUT2D eigenvalue weighted by Gasteiger charge is -2.42. The summed E-state index contributed by atoms with van der Waals surface area (Å²) in [7, 11) is 0. The van der Waals surface area contributed by atoms with Crippen LogP contribution in [0.25, 0.3) is 0 Å². The molecule has 3 aromatic rings. The van der Waals surface area contributed by atoms with Crippen molar-refractivity contribution in [1.29, 1.82) is 0 Å². The summed E-state index contributed by atoms with van der Waals surface area (Å²) in [5.74, 6) is 0.800. The highest BCUT2D eigenvalue weighted by Crippen LogP contribution is 2.49. The van der Waals surface area contributed by atoms with Crippen LogP contribution in [-0.4, -0.2) is 29.4 Å². The van der Waals surface area contributed by atoms with Crippen molar-refractivity contribution in [3.05, 3.63) is 120 Å². The number of hydroxylamine groups is 2. The van der Waals surface area contributed by atoms with Crippen molar-refractivity contribution in [2.45, 2.75) is 17.2 Å². The zero-order valence-electron chi connectivity index (χ0n) is 16.8. The Balaban J connectivity index is 1.74. The molecule has 1 fully saturated rings. The summed E-state index contributed by atoms with van der Waals surface area (Å²) < 4.78 is -0.382. The van der Waals surface area contributed by atoms with Gasteiger partial charge in [0.05, 0.1) is 23.8 Å². The molecule has 0 aliphatic carbocycles. The first-order chi connectivity index (χ1) is 14.8. The number of β-lactam (4-membered cyclic amide) rings is 1. The van der Waals surface area contributed by atoms with Crippen molar-refractivity contribution in [3.8, 4) is 0 Å². The molecule has 4 heteroatoms. The van der Waals surface area contributed by atoms with E-state index in [-0.39, 0.29) is 16.7 Å². The summed E-state index contributed by atoms with van der Waals surface area (Å²) in [5, 5.41) is 1.51. The highest BCUT2D eigenvalue weighted by Gasteiger charge is 2.42. The average molecular weight is 416 g/mol. The third-order valence-electron chi connectivity index (χ3n) is 5.35. The summed E-state index contributed by atoms with van der Waals surface area (Å²) in [6.07, 6.45) is 2.18. The SMILES string of the molecule is C=CCON1C(=O)CC1CSC(c1ccccc1)(c1ccccc1)c1ccccc1. The van der Waals surface area contributed by atoms with E-state index in [4.69, 9.17) is 4.84 Å². The summed E-state index contributed by atoms with van der Waals surface area (Å²) >= 11 is 1.85. The van der Waals surface area contributed by atoms with Crippen LogP contribution >= 0.6 is 11.8 Å². The molecule has 0 radical (unpaired) electrons. The zero-order valence-corrected chi connectivity index (χ0v) is 17.6. The van der Waals surface area contributed by atoms with Gasteiger partial charge in [0.1, 0.15) is 0 Å². The van der Waals surface area contributed by atoms with E-state index in [1.165, 1.54) is 21.8 Å². The monoisotopic (exact) mass is 415 g/mol. The van der Waals surface area contributed by atoms with Gasteiger partial charge >= 0.3 is 0 Å². The second-order valence-electron chi connectivity index (χ2n) is 7.25. The molecular formula is C26H25NO2S. The van der Waals surface area contributed by atoms with Gasteiger partial charge in [-0.05, 0) is 16.7 Å². The van der Waals surface area contributed by atoms with E-state index in [9.17, 15) is 4.79 Å². The van der Waals surface area contributed by atoms with Crippen LogP contribution < -0.4 is 0 Å². The minimum absolute atomic E-state index is 0.0344. The number of nitrogens with zero attached hydrogens (tertiary/aromatic N) is 1. The molecule has 0 saturated carbocycles. The molecule has 1 unspecified atom stereocenters. The Labute approximate surface area is 182 Å². The van der Waals surface area contributed by atoms with E-state index in [0.29, 0.717) is 13.0 Å². The maximum atomic E-state index is 12.0. The van der Waals surface area contributed by atoms with Crippen LogP contribution in [0.3, 0.4) is 0 Å². The van der Waals surface area contributed by atoms with Gasteiger partial charge in [-0.15, -0.1) is 18.3 Å². The molecule has 1 atom stereocenters. The molecule has 4 rings (SSSR count). The first-order valence-corrected chi connectivity index (χ1v) is 11.1. The van der Waals surface area contributed by atoms with Gasteiger partial charge in [-0.25, -0.2) is 5.06 Å². The van der Waals surface area contributed by atoms with E-state index >= 15 is 0 Å². The van der Waals surface area contributed by atoms with Crippen LogP contribution in [0.2, 0.25) is 0 Å². The van der Waals surface area contributed by atoms with E-state index in [1.807, 2.05) is 30.0 Å². The number of carbonyl (C=O) groups excluding carboxylic acids is 1. The fraction of sp³-hybridized carbons (Fsp3) is 0.192. The second kappa shape index (κ2) is 9.33. The van der Waals surface area contributed by atoms with Crippen molar-refractivity contribution in [3.63, 3.8) is 0 Å². The number of hydrogen-bond acceptors (Lipinski definition) is 3. The molecule has 0 N–H and O–H groups in total. The van der Waals surface area contributed by atoms with Crippen LogP contribution in [0.5, 0.6) is 0 Å². The van der Waals surface area contributed by atoms with Gasteiger partial charge in [-0.1, -0.05) is 97.1 Å². The number of hydrogen-bond donors (Lipinski definition) is 0. The average Bonchev–Trinajstić information content (AvgIpc) is 2.81. The molecule has 3 aromatic carbocycles. The molecule has 0 aromatic heterocycles. The van der Waals surface area contributed by atoms with Gasteiger partial charge in [0.25, 0.3) is 0 Å². The molecule has 30 heavy (non-hydrogen) atoms. The zero-order chi connectivity index (χ0) is 20.8. The van der Waals surface area contributed by atoms with Gasteiger partial charge in [0.2, 0.25) is 5.91 Å². The van der Waals surface area contributed by atoms with E-state index in [0.717, 1.165) is 5.75 Å². The molecular weight excluding hydrogens is 390 g/mol. The molecule has 1 saturated heterocycles. The molecule has 3 nitrogen and oxygen atoms in total. The lowest BCUT2D eigenvalue weighted by molar-refractivity contribution is -0.219. The fourth-order valence-corrected chi connectivity index (χ4v) is 5.50. The topological polar surface area (TPSA) is 29.5 Å². The van der Waals surface area contributed by atoms with Crippen LogP contribution in [-0.2, 0) is 14.4 Å². The van der Waals surface area contributed by atoms with Crippen LogP contribution in [0.15, 0.2) is 104 Å². The summed E-state index contributed by atoms with van der Waals surface area (Å²) in [6.45, 7) is 4.02. The smallest absolute Gasteiger partial charge is 0.248 e. The van der Waals surface area contributed by atoms with Crippen molar-refractivity contribution < 1.29 is 9.63 Å². The third kappa shape index (κ3) is 3.93. The first-order valence-electron chi connectivity index (χ1n) is 10.1. The Bertz CT molecular complexity index is 879. The Kier molecular flexibility index (Phi) is 6.36. The normalized spacial score (nSPS) is 16.2. The number of carbonyl (C=O) groups is 1.